The number of nitrogens with one attached hydrogen (secondary N) is 1. The third-order valence-corrected chi connectivity index (χ3v) is 6.55. The Labute approximate surface area is 223 Å². The summed E-state index contributed by atoms with van der Waals surface area (Å²) in [5, 5.41) is 2.64. The van der Waals surface area contributed by atoms with Crippen molar-refractivity contribution in [1.82, 2.24) is 15.0 Å². The first-order valence-electron chi connectivity index (χ1n) is 12.6. The van der Waals surface area contributed by atoms with Gasteiger partial charge >= 0.3 is 12.1 Å². The summed E-state index contributed by atoms with van der Waals surface area (Å²) in [5.74, 6) is -2.82. The molecule has 1 fully saturated rings. The molecule has 2 aliphatic heterocycles. The van der Waals surface area contributed by atoms with E-state index in [-0.39, 0.29) is 42.1 Å². The van der Waals surface area contributed by atoms with Crippen molar-refractivity contribution in [2.45, 2.75) is 38.7 Å². The standard InChI is InChI=1S/C28H27F3N4O4/c1-17-15-34(16-18(2)38-17)22-7-4-19(5-8-22)3-6-21-13-20(9-11-32-21)25-14-23-24(10-12-33-26(23)36)35(25)39-27(37)28(29,30)31/h3-9,11,13-14,17-18H,10,12,15-16H2,1-2H3,(H,33,36)/t17-,18+. The molecular formula is C28H27F3N4O4. The highest BCUT2D eigenvalue weighted by Gasteiger charge is 2.43. The SMILES string of the molecule is C[C@@H]1CN(c2ccc(C=Cc3cc(-c4cc5c(n4OC(=O)C(F)(F)F)CCNC5=O)ccn3)cc2)C[C@H](C)O1. The average Bonchev–Trinajstić information content (AvgIpc) is 3.26. The molecule has 0 spiro atoms. The smallest absolute Gasteiger partial charge is 0.372 e. The van der Waals surface area contributed by atoms with E-state index in [9.17, 15) is 22.8 Å². The molecule has 0 radical (unpaired) electrons. The highest BCUT2D eigenvalue weighted by molar-refractivity contribution is 5.98. The number of aromatic nitrogens is 2. The maximum Gasteiger partial charge on any atom is 0.493 e. The second-order valence-corrected chi connectivity index (χ2v) is 9.62. The van der Waals surface area contributed by atoms with Gasteiger partial charge in [0.15, 0.2) is 0 Å². The summed E-state index contributed by atoms with van der Waals surface area (Å²) in [4.78, 5) is 35.3. The Morgan fingerprint density at radius 2 is 1.82 bits per heavy atom. The van der Waals surface area contributed by atoms with E-state index in [0.717, 1.165) is 29.1 Å². The molecule has 0 bridgehead atoms. The molecule has 11 heteroatoms. The molecule has 3 aromatic rings. The van der Waals surface area contributed by atoms with Gasteiger partial charge in [0, 0.05) is 43.5 Å². The van der Waals surface area contributed by atoms with Crippen LogP contribution in [0.15, 0.2) is 48.7 Å². The highest BCUT2D eigenvalue weighted by atomic mass is 19.4. The molecule has 0 saturated carbocycles. The number of rotatable bonds is 5. The van der Waals surface area contributed by atoms with Crippen molar-refractivity contribution in [3.63, 3.8) is 0 Å². The third-order valence-electron chi connectivity index (χ3n) is 6.55. The number of nitrogens with zero attached hydrogens (tertiary/aromatic N) is 3. The van der Waals surface area contributed by atoms with Gasteiger partial charge < -0.3 is 19.8 Å². The zero-order valence-corrected chi connectivity index (χ0v) is 21.4. The number of benzene rings is 1. The lowest BCUT2D eigenvalue weighted by molar-refractivity contribution is -0.199. The van der Waals surface area contributed by atoms with Gasteiger partial charge in [-0.15, -0.1) is 0 Å². The summed E-state index contributed by atoms with van der Waals surface area (Å²) in [7, 11) is 0. The van der Waals surface area contributed by atoms with Crippen LogP contribution in [0.25, 0.3) is 23.4 Å². The second kappa shape index (κ2) is 10.6. The van der Waals surface area contributed by atoms with Crippen LogP contribution in [0.4, 0.5) is 18.9 Å². The van der Waals surface area contributed by atoms with Crippen LogP contribution in [-0.4, -0.2) is 59.6 Å². The lowest BCUT2D eigenvalue weighted by Crippen LogP contribution is -2.45. The van der Waals surface area contributed by atoms with Gasteiger partial charge in [-0.25, -0.2) is 4.79 Å². The van der Waals surface area contributed by atoms with Crippen LogP contribution in [0.2, 0.25) is 0 Å². The number of fused-ring (bicyclic) bond motifs is 1. The van der Waals surface area contributed by atoms with Crippen molar-refractivity contribution in [2.75, 3.05) is 24.5 Å². The molecule has 4 heterocycles. The lowest BCUT2D eigenvalue weighted by Gasteiger charge is -2.36. The van der Waals surface area contributed by atoms with E-state index in [0.29, 0.717) is 11.3 Å². The van der Waals surface area contributed by atoms with E-state index in [1.54, 1.807) is 18.2 Å². The van der Waals surface area contributed by atoms with Gasteiger partial charge in [-0.2, -0.15) is 17.9 Å². The zero-order valence-electron chi connectivity index (χ0n) is 21.4. The minimum absolute atomic E-state index is 0.144. The Hall–Kier alpha value is -4.12. The van der Waals surface area contributed by atoms with Crippen molar-refractivity contribution >= 4 is 29.7 Å². The number of hydrogen-bond donors (Lipinski definition) is 1. The van der Waals surface area contributed by atoms with Crippen molar-refractivity contribution in [2.24, 2.45) is 0 Å². The van der Waals surface area contributed by atoms with Crippen LogP contribution in [-0.2, 0) is 16.0 Å². The Balaban J connectivity index is 1.39. The molecule has 1 N–H and O–H groups in total. The monoisotopic (exact) mass is 540 g/mol. The average molecular weight is 541 g/mol. The highest BCUT2D eigenvalue weighted by Crippen LogP contribution is 2.29. The maximum absolute atomic E-state index is 13.0. The first kappa shape index (κ1) is 26.5. The molecule has 1 saturated heterocycles. The maximum atomic E-state index is 13.0. The minimum atomic E-state index is -5.19. The fraction of sp³-hybridized carbons (Fsp3) is 0.321. The van der Waals surface area contributed by atoms with Gasteiger partial charge in [0.2, 0.25) is 0 Å². The van der Waals surface area contributed by atoms with E-state index < -0.39 is 18.1 Å². The van der Waals surface area contributed by atoms with Crippen molar-refractivity contribution < 1.29 is 32.3 Å². The summed E-state index contributed by atoms with van der Waals surface area (Å²) in [5.41, 5.74) is 3.52. The summed E-state index contributed by atoms with van der Waals surface area (Å²) in [6, 6.07) is 12.7. The molecule has 204 valence electrons. The number of ether oxygens (including phenoxy) is 1. The normalized spacial score (nSPS) is 19.6. The summed E-state index contributed by atoms with van der Waals surface area (Å²) in [6.45, 7) is 5.97. The molecule has 0 unspecified atom stereocenters. The number of hydrogen-bond acceptors (Lipinski definition) is 6. The fourth-order valence-electron chi connectivity index (χ4n) is 4.86. The first-order valence-corrected chi connectivity index (χ1v) is 12.6. The van der Waals surface area contributed by atoms with E-state index >= 15 is 0 Å². The van der Waals surface area contributed by atoms with Gasteiger partial charge in [-0.05, 0) is 55.8 Å². The molecule has 39 heavy (non-hydrogen) atoms. The molecule has 1 aromatic carbocycles. The Kier molecular flexibility index (Phi) is 7.17. The summed E-state index contributed by atoms with van der Waals surface area (Å²) in [6.07, 6.45) is 0.490. The molecule has 8 nitrogen and oxygen atoms in total. The number of halogens is 3. The van der Waals surface area contributed by atoms with Gasteiger partial charge in [-0.3, -0.25) is 9.78 Å². The summed E-state index contributed by atoms with van der Waals surface area (Å²) < 4.78 is 45.6. The van der Waals surface area contributed by atoms with Crippen LogP contribution >= 0.6 is 0 Å². The largest absolute Gasteiger partial charge is 0.493 e. The quantitative estimate of drug-likeness (QED) is 0.524. The predicted octanol–water partition coefficient (Wildman–Crippen LogP) is 4.14. The van der Waals surface area contributed by atoms with E-state index in [1.165, 1.54) is 12.3 Å². The minimum Gasteiger partial charge on any atom is -0.372 e. The molecule has 2 atom stereocenters. The third kappa shape index (κ3) is 5.83. The number of pyridine rings is 1. The Morgan fingerprint density at radius 1 is 1.10 bits per heavy atom. The first-order chi connectivity index (χ1) is 18.6. The fourth-order valence-corrected chi connectivity index (χ4v) is 4.86. The molecule has 2 aliphatic rings. The van der Waals surface area contributed by atoms with Crippen LogP contribution in [0.3, 0.4) is 0 Å². The number of alkyl halides is 3. The summed E-state index contributed by atoms with van der Waals surface area (Å²) >= 11 is 0. The van der Waals surface area contributed by atoms with Crippen molar-refractivity contribution in [3.8, 4) is 11.3 Å². The Morgan fingerprint density at radius 3 is 2.51 bits per heavy atom. The molecule has 2 aromatic heterocycles. The van der Waals surface area contributed by atoms with Crippen molar-refractivity contribution in [1.29, 1.82) is 0 Å². The lowest BCUT2D eigenvalue weighted by atomic mass is 10.1. The molecule has 5 rings (SSSR count). The number of anilines is 1. The van der Waals surface area contributed by atoms with E-state index in [1.807, 2.05) is 30.3 Å². The van der Waals surface area contributed by atoms with Gasteiger partial charge in [0.1, 0.15) is 0 Å². The topological polar surface area (TPSA) is 85.7 Å². The number of amides is 1. The van der Waals surface area contributed by atoms with Gasteiger partial charge in [0.25, 0.3) is 5.91 Å². The molecule has 0 aliphatic carbocycles. The predicted molar refractivity (Wildman–Crippen MR) is 139 cm³/mol. The molecule has 1 amide bonds. The van der Waals surface area contributed by atoms with Crippen LogP contribution < -0.4 is 15.1 Å². The van der Waals surface area contributed by atoms with Gasteiger partial charge in [0.05, 0.1) is 34.9 Å². The zero-order chi connectivity index (χ0) is 27.7. The molecular weight excluding hydrogens is 513 g/mol. The number of morpholine rings is 1. The van der Waals surface area contributed by atoms with E-state index in [2.05, 4.69) is 29.0 Å². The number of carbonyl (C=O) groups is 2. The second-order valence-electron chi connectivity index (χ2n) is 9.62. The van der Waals surface area contributed by atoms with E-state index in [4.69, 9.17) is 9.57 Å². The number of carbonyl (C=O) groups excluding carboxylic acids is 2. The van der Waals surface area contributed by atoms with Crippen LogP contribution in [0.5, 0.6) is 0 Å². The Bertz CT molecular complexity index is 1410. The van der Waals surface area contributed by atoms with Gasteiger partial charge in [-0.1, -0.05) is 18.2 Å². The van der Waals surface area contributed by atoms with Crippen LogP contribution in [0, 0.1) is 0 Å². The van der Waals surface area contributed by atoms with Crippen molar-refractivity contribution in [3.05, 3.63) is 71.2 Å². The van der Waals surface area contributed by atoms with Crippen LogP contribution in [0.1, 0.15) is 41.2 Å².